The maximum Gasteiger partial charge on any atom is 0.251 e. The highest BCUT2D eigenvalue weighted by Gasteiger charge is 2.21. The fourth-order valence-corrected chi connectivity index (χ4v) is 2.43. The second-order valence-electron chi connectivity index (χ2n) is 4.50. The van der Waals surface area contributed by atoms with E-state index in [1.165, 1.54) is 0 Å². The first-order valence-corrected chi connectivity index (χ1v) is 6.09. The zero-order valence-electron chi connectivity index (χ0n) is 10.5. The Bertz CT molecular complexity index is 809. The first-order valence-electron chi connectivity index (χ1n) is 6.09. The van der Waals surface area contributed by atoms with Crippen LogP contribution in [0, 0.1) is 22.7 Å². The molecule has 0 fully saturated rings. The molecule has 0 saturated heterocycles. The molecule has 1 heterocycles. The van der Waals surface area contributed by atoms with Crippen LogP contribution in [-0.4, -0.2) is 5.91 Å². The number of carbonyl (C=O) groups excluding carboxylic acids is 1. The molecule has 0 spiro atoms. The molecule has 4 nitrogen and oxygen atoms in total. The van der Waals surface area contributed by atoms with Gasteiger partial charge in [0.05, 0.1) is 11.1 Å². The number of rotatable bonds is 1. The van der Waals surface area contributed by atoms with Gasteiger partial charge in [0.15, 0.2) is 0 Å². The fraction of sp³-hybridized carbons (Fsp3) is 0.0625. The van der Waals surface area contributed by atoms with Gasteiger partial charge in [0, 0.05) is 12.1 Å². The van der Waals surface area contributed by atoms with Crippen molar-refractivity contribution in [1.82, 2.24) is 5.32 Å². The quantitative estimate of drug-likeness (QED) is 0.853. The minimum Gasteiger partial charge on any atom is -0.348 e. The Morgan fingerprint density at radius 3 is 2.50 bits per heavy atom. The van der Waals surface area contributed by atoms with Gasteiger partial charge in [-0.05, 0) is 34.9 Å². The minimum absolute atomic E-state index is 0.0731. The van der Waals surface area contributed by atoms with E-state index in [9.17, 15) is 4.79 Å². The number of hydrogen-bond donors (Lipinski definition) is 1. The van der Waals surface area contributed by atoms with Crippen LogP contribution in [0.2, 0.25) is 0 Å². The third kappa shape index (κ3) is 1.72. The van der Waals surface area contributed by atoms with Gasteiger partial charge in [-0.25, -0.2) is 0 Å². The topological polar surface area (TPSA) is 76.7 Å². The molecule has 0 unspecified atom stereocenters. The van der Waals surface area contributed by atoms with Crippen molar-refractivity contribution >= 4 is 5.91 Å². The molecule has 0 aromatic heterocycles. The molecule has 4 heteroatoms. The lowest BCUT2D eigenvalue weighted by Gasteiger charge is -2.08. The van der Waals surface area contributed by atoms with Gasteiger partial charge < -0.3 is 5.32 Å². The summed E-state index contributed by atoms with van der Waals surface area (Å²) in [6.07, 6.45) is 0. The number of fused-ring (bicyclic) bond motifs is 1. The van der Waals surface area contributed by atoms with Gasteiger partial charge in [0.2, 0.25) is 0 Å². The molecule has 2 aromatic rings. The Balaban J connectivity index is 2.19. The number of amides is 1. The van der Waals surface area contributed by atoms with Gasteiger partial charge in [0.1, 0.15) is 12.1 Å². The van der Waals surface area contributed by atoms with E-state index in [1.54, 1.807) is 24.3 Å². The second kappa shape index (κ2) is 4.53. The van der Waals surface area contributed by atoms with E-state index in [2.05, 4.69) is 5.32 Å². The molecule has 0 saturated carbocycles. The van der Waals surface area contributed by atoms with Crippen LogP contribution in [0.25, 0.3) is 11.1 Å². The van der Waals surface area contributed by atoms with Gasteiger partial charge in [-0.1, -0.05) is 18.2 Å². The van der Waals surface area contributed by atoms with Crippen LogP contribution in [0.1, 0.15) is 27.0 Å². The van der Waals surface area contributed by atoms with Crippen molar-refractivity contribution in [3.8, 4) is 23.3 Å². The maximum absolute atomic E-state index is 11.7. The summed E-state index contributed by atoms with van der Waals surface area (Å²) < 4.78 is 0. The molecule has 0 aliphatic carbocycles. The number of nitrogens with zero attached hydrogens (tertiary/aromatic N) is 2. The Labute approximate surface area is 115 Å². The van der Waals surface area contributed by atoms with Crippen LogP contribution >= 0.6 is 0 Å². The normalized spacial score (nSPS) is 12.2. The van der Waals surface area contributed by atoms with Crippen LogP contribution in [-0.2, 0) is 6.54 Å². The SMILES string of the molecule is N#Cc1ccc(-c2cccc3c2CNC3=O)cc1C#N. The number of nitrogens with one attached hydrogen (secondary N) is 1. The summed E-state index contributed by atoms with van der Waals surface area (Å²) >= 11 is 0. The number of hydrogen-bond acceptors (Lipinski definition) is 3. The molecule has 20 heavy (non-hydrogen) atoms. The van der Waals surface area contributed by atoms with E-state index in [0.29, 0.717) is 23.2 Å². The molecular weight excluding hydrogens is 250 g/mol. The summed E-state index contributed by atoms with van der Waals surface area (Å²) in [4.78, 5) is 11.7. The van der Waals surface area contributed by atoms with Gasteiger partial charge in [-0.15, -0.1) is 0 Å². The van der Waals surface area contributed by atoms with Gasteiger partial charge >= 0.3 is 0 Å². The van der Waals surface area contributed by atoms with Crippen LogP contribution in [0.5, 0.6) is 0 Å². The predicted octanol–water partition coefficient (Wildman–Crippen LogP) is 2.34. The van der Waals surface area contributed by atoms with Gasteiger partial charge in [-0.2, -0.15) is 10.5 Å². The van der Waals surface area contributed by atoms with Crippen molar-refractivity contribution in [2.45, 2.75) is 6.54 Å². The molecule has 0 radical (unpaired) electrons. The standard InChI is InChI=1S/C16H9N3O/c17-7-11-5-4-10(6-12(11)8-18)13-2-1-3-14-15(13)9-19-16(14)20/h1-6H,9H2,(H,19,20). The average Bonchev–Trinajstić information content (AvgIpc) is 2.88. The van der Waals surface area contributed by atoms with Crippen molar-refractivity contribution in [3.63, 3.8) is 0 Å². The highest BCUT2D eigenvalue weighted by atomic mass is 16.1. The molecule has 2 aromatic carbocycles. The largest absolute Gasteiger partial charge is 0.348 e. The van der Waals surface area contributed by atoms with Crippen LogP contribution in [0.4, 0.5) is 0 Å². The number of nitriles is 2. The lowest BCUT2D eigenvalue weighted by atomic mass is 9.94. The summed E-state index contributed by atoms with van der Waals surface area (Å²) in [6.45, 7) is 0.492. The Morgan fingerprint density at radius 2 is 1.75 bits per heavy atom. The molecule has 1 amide bonds. The smallest absolute Gasteiger partial charge is 0.251 e. The summed E-state index contributed by atoms with van der Waals surface area (Å²) in [7, 11) is 0. The van der Waals surface area contributed by atoms with Crippen molar-refractivity contribution < 1.29 is 4.79 Å². The Morgan fingerprint density at radius 1 is 1.00 bits per heavy atom. The van der Waals surface area contributed by atoms with Crippen LogP contribution < -0.4 is 5.32 Å². The molecule has 1 N–H and O–H groups in total. The summed E-state index contributed by atoms with van der Waals surface area (Å²) in [5, 5.41) is 20.8. The molecule has 0 bridgehead atoms. The van der Waals surface area contributed by atoms with E-state index >= 15 is 0 Å². The summed E-state index contributed by atoms with van der Waals surface area (Å²) in [6, 6.07) is 14.7. The van der Waals surface area contributed by atoms with E-state index in [4.69, 9.17) is 10.5 Å². The highest BCUT2D eigenvalue weighted by molar-refractivity contribution is 6.00. The highest BCUT2D eigenvalue weighted by Crippen LogP contribution is 2.30. The predicted molar refractivity (Wildman–Crippen MR) is 72.5 cm³/mol. The first-order chi connectivity index (χ1) is 9.74. The number of benzene rings is 2. The van der Waals surface area contributed by atoms with Crippen molar-refractivity contribution in [2.75, 3.05) is 0 Å². The molecule has 0 atom stereocenters. The third-order valence-electron chi connectivity index (χ3n) is 3.42. The Hall–Kier alpha value is -3.11. The lowest BCUT2D eigenvalue weighted by molar-refractivity contribution is 0.0966. The van der Waals surface area contributed by atoms with E-state index < -0.39 is 0 Å². The van der Waals surface area contributed by atoms with E-state index in [-0.39, 0.29) is 5.91 Å². The zero-order valence-corrected chi connectivity index (χ0v) is 10.5. The maximum atomic E-state index is 11.7. The van der Waals surface area contributed by atoms with Gasteiger partial charge in [0.25, 0.3) is 5.91 Å². The van der Waals surface area contributed by atoms with Crippen molar-refractivity contribution in [3.05, 3.63) is 58.7 Å². The second-order valence-corrected chi connectivity index (χ2v) is 4.50. The number of carbonyl (C=O) groups is 1. The lowest BCUT2D eigenvalue weighted by Crippen LogP contribution is -2.12. The summed E-state index contributed by atoms with van der Waals surface area (Å²) in [5.74, 6) is -0.0731. The summed E-state index contributed by atoms with van der Waals surface area (Å²) in [5.41, 5.74) is 4.07. The Kier molecular flexibility index (Phi) is 2.71. The monoisotopic (exact) mass is 259 g/mol. The molecule has 1 aliphatic heterocycles. The van der Waals surface area contributed by atoms with E-state index in [1.807, 2.05) is 24.3 Å². The average molecular weight is 259 g/mol. The van der Waals surface area contributed by atoms with Crippen LogP contribution in [0.3, 0.4) is 0 Å². The van der Waals surface area contributed by atoms with Crippen molar-refractivity contribution in [1.29, 1.82) is 10.5 Å². The fourth-order valence-electron chi connectivity index (χ4n) is 2.43. The van der Waals surface area contributed by atoms with E-state index in [0.717, 1.165) is 16.7 Å². The third-order valence-corrected chi connectivity index (χ3v) is 3.42. The molecular formula is C16H9N3O. The minimum atomic E-state index is -0.0731. The van der Waals surface area contributed by atoms with Crippen molar-refractivity contribution in [2.24, 2.45) is 0 Å². The molecule has 3 rings (SSSR count). The first kappa shape index (κ1) is 12.0. The molecule has 1 aliphatic rings. The zero-order chi connectivity index (χ0) is 14.1. The molecule has 94 valence electrons. The van der Waals surface area contributed by atoms with Crippen LogP contribution in [0.15, 0.2) is 36.4 Å². The van der Waals surface area contributed by atoms with Gasteiger partial charge in [-0.3, -0.25) is 4.79 Å².